The fourth-order valence-corrected chi connectivity index (χ4v) is 2.55. The molecule has 2 rings (SSSR count). The molecule has 0 fully saturated rings. The number of aromatic nitrogens is 2. The highest BCUT2D eigenvalue weighted by Crippen LogP contribution is 2.32. The molecule has 9 heteroatoms. The van der Waals surface area contributed by atoms with E-state index in [1.165, 1.54) is 0 Å². The highest BCUT2D eigenvalue weighted by atomic mass is 79.9. The lowest BCUT2D eigenvalue weighted by molar-refractivity contribution is -0.141. The summed E-state index contributed by atoms with van der Waals surface area (Å²) in [6, 6.07) is 5.96. The van der Waals surface area contributed by atoms with E-state index < -0.39 is 17.8 Å². The number of hydrogen-bond donors (Lipinski definition) is 2. The number of nitrogens with one attached hydrogen (secondary N) is 1. The van der Waals surface area contributed by atoms with E-state index in [1.807, 2.05) is 0 Å². The van der Waals surface area contributed by atoms with Crippen molar-refractivity contribution in [1.82, 2.24) is 9.97 Å². The summed E-state index contributed by atoms with van der Waals surface area (Å²) in [6.07, 6.45) is -4.58. The number of benzene rings is 1. The lowest BCUT2D eigenvalue weighted by Gasteiger charge is -2.11. The predicted octanol–water partition coefficient (Wildman–Crippen LogP) is 4.35. The van der Waals surface area contributed by atoms with Crippen LogP contribution in [0.3, 0.4) is 0 Å². The third-order valence-corrected chi connectivity index (χ3v) is 3.38. The van der Waals surface area contributed by atoms with Gasteiger partial charge in [-0.2, -0.15) is 18.2 Å². The summed E-state index contributed by atoms with van der Waals surface area (Å²) in [5, 5.41) is 2.75. The molecule has 0 aliphatic carbocycles. The molecule has 20 heavy (non-hydrogen) atoms. The minimum atomic E-state index is -4.58. The number of halogens is 5. The molecule has 0 radical (unpaired) electrons. The smallest absolute Gasteiger partial charge is 0.368 e. The number of rotatable bonds is 2. The number of nitrogen functional groups attached to an aromatic ring is 1. The van der Waals surface area contributed by atoms with Gasteiger partial charge in [0.1, 0.15) is 5.82 Å². The van der Waals surface area contributed by atoms with E-state index in [0.717, 1.165) is 10.5 Å². The van der Waals surface area contributed by atoms with Crippen LogP contribution in [0.1, 0.15) is 5.69 Å². The molecule has 0 unspecified atom stereocenters. The van der Waals surface area contributed by atoms with E-state index in [1.54, 1.807) is 18.2 Å². The maximum Gasteiger partial charge on any atom is 0.433 e. The van der Waals surface area contributed by atoms with Crippen molar-refractivity contribution in [2.45, 2.75) is 6.18 Å². The molecular formula is C11H7Br2F3N4. The molecule has 0 bridgehead atoms. The summed E-state index contributed by atoms with van der Waals surface area (Å²) in [7, 11) is 0. The summed E-state index contributed by atoms with van der Waals surface area (Å²) >= 11 is 6.57. The second kappa shape index (κ2) is 5.57. The van der Waals surface area contributed by atoms with Crippen LogP contribution in [-0.2, 0) is 6.18 Å². The minimum absolute atomic E-state index is 0.0344. The van der Waals surface area contributed by atoms with Crippen molar-refractivity contribution in [1.29, 1.82) is 0 Å². The van der Waals surface area contributed by atoms with Gasteiger partial charge >= 0.3 is 6.18 Å². The van der Waals surface area contributed by atoms with Gasteiger partial charge in [-0.3, -0.25) is 0 Å². The first-order chi connectivity index (χ1) is 9.25. The van der Waals surface area contributed by atoms with Crippen LogP contribution in [0.5, 0.6) is 0 Å². The van der Waals surface area contributed by atoms with Gasteiger partial charge in [-0.05, 0) is 34.1 Å². The van der Waals surface area contributed by atoms with Gasteiger partial charge in [0, 0.05) is 15.0 Å². The maximum atomic E-state index is 12.6. The number of nitrogens with zero attached hydrogens (tertiary/aromatic N) is 2. The van der Waals surface area contributed by atoms with Gasteiger partial charge in [-0.1, -0.05) is 15.9 Å². The Morgan fingerprint density at radius 1 is 1.10 bits per heavy atom. The predicted molar refractivity (Wildman–Crippen MR) is 76.6 cm³/mol. The Bertz CT molecular complexity index is 646. The second-order valence-electron chi connectivity index (χ2n) is 3.74. The Morgan fingerprint density at radius 3 is 2.40 bits per heavy atom. The van der Waals surface area contributed by atoms with E-state index in [0.29, 0.717) is 10.2 Å². The third-order valence-electron chi connectivity index (χ3n) is 2.23. The van der Waals surface area contributed by atoms with Crippen molar-refractivity contribution in [2.75, 3.05) is 11.1 Å². The molecule has 106 valence electrons. The quantitative estimate of drug-likeness (QED) is 0.771. The van der Waals surface area contributed by atoms with Gasteiger partial charge in [0.05, 0.1) is 5.69 Å². The first-order valence-electron chi connectivity index (χ1n) is 5.19. The van der Waals surface area contributed by atoms with Crippen molar-refractivity contribution in [2.24, 2.45) is 0 Å². The highest BCUT2D eigenvalue weighted by molar-refractivity contribution is 9.11. The van der Waals surface area contributed by atoms with Crippen LogP contribution in [0.2, 0.25) is 0 Å². The Hall–Kier alpha value is -1.35. The average molecular weight is 412 g/mol. The number of nitrogens with two attached hydrogens (primary N) is 1. The molecule has 0 spiro atoms. The van der Waals surface area contributed by atoms with Gasteiger partial charge in [-0.15, -0.1) is 0 Å². The molecule has 0 saturated heterocycles. The fraction of sp³-hybridized carbons (Fsp3) is 0.0909. The molecular weight excluding hydrogens is 405 g/mol. The van der Waals surface area contributed by atoms with Crippen molar-refractivity contribution >= 4 is 49.3 Å². The highest BCUT2D eigenvalue weighted by Gasteiger charge is 2.33. The van der Waals surface area contributed by atoms with Crippen LogP contribution in [0, 0.1) is 0 Å². The van der Waals surface area contributed by atoms with Gasteiger partial charge in [0.2, 0.25) is 5.95 Å². The lowest BCUT2D eigenvalue weighted by atomic mass is 10.3. The largest absolute Gasteiger partial charge is 0.433 e. The molecule has 0 aliphatic rings. The zero-order valence-corrected chi connectivity index (χ0v) is 12.8. The van der Waals surface area contributed by atoms with Gasteiger partial charge < -0.3 is 11.1 Å². The van der Waals surface area contributed by atoms with Crippen LogP contribution in [-0.4, -0.2) is 9.97 Å². The SMILES string of the molecule is Nc1nc(Nc2ccc(Br)cc2Br)cc(C(F)(F)F)n1. The lowest BCUT2D eigenvalue weighted by Crippen LogP contribution is -2.12. The first kappa shape index (κ1) is 15.0. The molecule has 3 N–H and O–H groups in total. The topological polar surface area (TPSA) is 63.8 Å². The van der Waals surface area contributed by atoms with E-state index in [-0.39, 0.29) is 5.82 Å². The summed E-state index contributed by atoms with van der Waals surface area (Å²) < 4.78 is 39.4. The minimum Gasteiger partial charge on any atom is -0.368 e. The van der Waals surface area contributed by atoms with Crippen LogP contribution in [0.4, 0.5) is 30.6 Å². The molecule has 0 saturated carbocycles. The molecule has 1 aromatic carbocycles. The first-order valence-corrected chi connectivity index (χ1v) is 6.78. The maximum absolute atomic E-state index is 12.6. The van der Waals surface area contributed by atoms with Gasteiger partial charge in [-0.25, -0.2) is 4.98 Å². The summed E-state index contributed by atoms with van der Waals surface area (Å²) in [5.41, 5.74) is 4.75. The van der Waals surface area contributed by atoms with E-state index in [9.17, 15) is 13.2 Å². The van der Waals surface area contributed by atoms with E-state index in [4.69, 9.17) is 5.73 Å². The molecule has 2 aromatic rings. The van der Waals surface area contributed by atoms with Crippen LogP contribution in [0.15, 0.2) is 33.2 Å². The van der Waals surface area contributed by atoms with Gasteiger partial charge in [0.15, 0.2) is 5.69 Å². The molecule has 4 nitrogen and oxygen atoms in total. The van der Waals surface area contributed by atoms with E-state index in [2.05, 4.69) is 47.1 Å². The average Bonchev–Trinajstić information content (AvgIpc) is 2.31. The monoisotopic (exact) mass is 410 g/mol. The molecule has 1 heterocycles. The molecule has 0 atom stereocenters. The molecule has 0 amide bonds. The number of alkyl halides is 3. The van der Waals surface area contributed by atoms with E-state index >= 15 is 0 Å². The van der Waals surface area contributed by atoms with Crippen LogP contribution >= 0.6 is 31.9 Å². The van der Waals surface area contributed by atoms with Crippen molar-refractivity contribution in [3.8, 4) is 0 Å². The molecule has 0 aliphatic heterocycles. The Kier molecular flexibility index (Phi) is 4.19. The Balaban J connectivity index is 2.36. The zero-order valence-electron chi connectivity index (χ0n) is 9.67. The standard InChI is InChI=1S/C11H7Br2F3N4/c12-5-1-2-7(6(13)3-5)18-9-4-8(11(14,15)16)19-10(17)20-9/h1-4H,(H3,17,18,19,20). The molecule has 1 aromatic heterocycles. The van der Waals surface area contributed by atoms with Crippen LogP contribution < -0.4 is 11.1 Å². The Labute approximate surface area is 128 Å². The zero-order chi connectivity index (χ0) is 14.9. The summed E-state index contributed by atoms with van der Waals surface area (Å²) in [6.45, 7) is 0. The van der Waals surface area contributed by atoms with Crippen LogP contribution in [0.25, 0.3) is 0 Å². The summed E-state index contributed by atoms with van der Waals surface area (Å²) in [5.74, 6) is -0.483. The van der Waals surface area contributed by atoms with Crippen molar-refractivity contribution in [3.63, 3.8) is 0 Å². The Morgan fingerprint density at radius 2 is 1.80 bits per heavy atom. The van der Waals surface area contributed by atoms with Crippen molar-refractivity contribution < 1.29 is 13.2 Å². The normalized spacial score (nSPS) is 11.4. The summed E-state index contributed by atoms with van der Waals surface area (Å²) in [4.78, 5) is 6.89. The number of anilines is 3. The number of hydrogen-bond acceptors (Lipinski definition) is 4. The van der Waals surface area contributed by atoms with Gasteiger partial charge in [0.25, 0.3) is 0 Å². The van der Waals surface area contributed by atoms with Crippen molar-refractivity contribution in [3.05, 3.63) is 38.9 Å². The third kappa shape index (κ3) is 3.60. The fourth-order valence-electron chi connectivity index (χ4n) is 1.40. The second-order valence-corrected chi connectivity index (χ2v) is 5.51.